The summed E-state index contributed by atoms with van der Waals surface area (Å²) in [6.07, 6.45) is 4.04. The lowest BCUT2D eigenvalue weighted by atomic mass is 9.80. The number of thiophene rings is 1. The molecule has 0 aliphatic heterocycles. The molecule has 0 bridgehead atoms. The van der Waals surface area contributed by atoms with Gasteiger partial charge in [-0.2, -0.15) is 4.98 Å². The number of nitrogens with zero attached hydrogens (tertiary/aromatic N) is 2. The van der Waals surface area contributed by atoms with Gasteiger partial charge in [-0.3, -0.25) is 0 Å². The van der Waals surface area contributed by atoms with Crippen LogP contribution in [0.15, 0.2) is 6.07 Å². The zero-order chi connectivity index (χ0) is 13.4. The van der Waals surface area contributed by atoms with Crippen molar-refractivity contribution in [3.05, 3.63) is 10.9 Å². The van der Waals surface area contributed by atoms with Gasteiger partial charge in [-0.05, 0) is 38.7 Å². The number of nitrogens with one attached hydrogen (secondary N) is 2. The van der Waals surface area contributed by atoms with Crippen LogP contribution in [0.3, 0.4) is 0 Å². The summed E-state index contributed by atoms with van der Waals surface area (Å²) in [5, 5.41) is 7.78. The monoisotopic (exact) mass is 276 g/mol. The van der Waals surface area contributed by atoms with Crippen LogP contribution in [0.25, 0.3) is 10.2 Å². The summed E-state index contributed by atoms with van der Waals surface area (Å²) >= 11 is 1.72. The molecule has 2 aromatic heterocycles. The fraction of sp³-hybridized carbons (Fsp3) is 0.571. The minimum atomic E-state index is 0.483. The fourth-order valence-corrected chi connectivity index (χ4v) is 3.42. The van der Waals surface area contributed by atoms with E-state index in [0.717, 1.165) is 22.0 Å². The number of fused-ring (bicyclic) bond motifs is 1. The first-order valence-electron chi connectivity index (χ1n) is 6.90. The van der Waals surface area contributed by atoms with Gasteiger partial charge in [-0.1, -0.05) is 6.42 Å². The van der Waals surface area contributed by atoms with Gasteiger partial charge in [-0.15, -0.1) is 11.3 Å². The van der Waals surface area contributed by atoms with E-state index in [9.17, 15) is 0 Å². The molecule has 19 heavy (non-hydrogen) atoms. The maximum Gasteiger partial charge on any atom is 0.225 e. The second kappa shape index (κ2) is 4.96. The number of hydrogen-bond donors (Lipinski definition) is 2. The van der Waals surface area contributed by atoms with Crippen molar-refractivity contribution in [1.29, 1.82) is 0 Å². The van der Waals surface area contributed by atoms with Crippen molar-refractivity contribution < 1.29 is 0 Å². The summed E-state index contributed by atoms with van der Waals surface area (Å²) in [6.45, 7) is 4.38. The number of anilines is 2. The quantitative estimate of drug-likeness (QED) is 0.895. The van der Waals surface area contributed by atoms with Gasteiger partial charge >= 0.3 is 0 Å². The Morgan fingerprint density at radius 2 is 2.16 bits per heavy atom. The van der Waals surface area contributed by atoms with Crippen LogP contribution in [0.1, 0.15) is 31.1 Å². The molecule has 3 rings (SSSR count). The first-order valence-corrected chi connectivity index (χ1v) is 7.71. The number of aromatic nitrogens is 2. The molecule has 1 fully saturated rings. The highest BCUT2D eigenvalue weighted by atomic mass is 32.1. The molecule has 1 aliphatic rings. The van der Waals surface area contributed by atoms with Crippen LogP contribution >= 0.6 is 11.3 Å². The molecule has 0 saturated heterocycles. The lowest BCUT2D eigenvalue weighted by Crippen LogP contribution is -2.31. The molecule has 2 aromatic rings. The minimum absolute atomic E-state index is 0.483. The molecule has 2 N–H and O–H groups in total. The predicted octanol–water partition coefficient (Wildman–Crippen LogP) is 3.64. The van der Waals surface area contributed by atoms with Crippen molar-refractivity contribution in [3.8, 4) is 0 Å². The Bertz CT molecular complexity index is 588. The van der Waals surface area contributed by atoms with E-state index in [1.807, 2.05) is 7.05 Å². The average molecular weight is 276 g/mol. The van der Waals surface area contributed by atoms with Crippen molar-refractivity contribution in [2.45, 2.75) is 39.2 Å². The van der Waals surface area contributed by atoms with Gasteiger partial charge in [0.15, 0.2) is 0 Å². The molecule has 1 unspecified atom stereocenters. The van der Waals surface area contributed by atoms with E-state index in [0.29, 0.717) is 12.0 Å². The molecule has 0 amide bonds. The van der Waals surface area contributed by atoms with Gasteiger partial charge in [0.1, 0.15) is 10.6 Å². The van der Waals surface area contributed by atoms with Gasteiger partial charge in [0.2, 0.25) is 5.95 Å². The van der Waals surface area contributed by atoms with E-state index in [1.165, 1.54) is 24.1 Å². The Morgan fingerprint density at radius 1 is 1.37 bits per heavy atom. The van der Waals surface area contributed by atoms with Crippen molar-refractivity contribution in [3.63, 3.8) is 0 Å². The van der Waals surface area contributed by atoms with E-state index in [2.05, 4.69) is 40.5 Å². The molecular formula is C14H20N4S. The molecule has 1 saturated carbocycles. The second-order valence-corrected chi connectivity index (χ2v) is 6.58. The summed E-state index contributed by atoms with van der Waals surface area (Å²) < 4.78 is 0. The zero-order valence-corrected chi connectivity index (χ0v) is 12.5. The standard InChI is InChI=1S/C14H20N4S/c1-8-7-11-12(16-9(2)10-5-4-6-10)17-14(15-3)18-13(11)19-8/h7,9-10H,4-6H2,1-3H3,(H2,15,16,17,18). The highest BCUT2D eigenvalue weighted by Gasteiger charge is 2.24. The van der Waals surface area contributed by atoms with Crippen molar-refractivity contribution in [1.82, 2.24) is 9.97 Å². The first-order chi connectivity index (χ1) is 9.17. The smallest absolute Gasteiger partial charge is 0.225 e. The molecule has 1 aliphatic carbocycles. The van der Waals surface area contributed by atoms with Crippen LogP contribution < -0.4 is 10.6 Å². The van der Waals surface area contributed by atoms with Crippen LogP contribution in [0.5, 0.6) is 0 Å². The van der Waals surface area contributed by atoms with Gasteiger partial charge in [0.05, 0.1) is 5.39 Å². The van der Waals surface area contributed by atoms with Crippen LogP contribution in [-0.4, -0.2) is 23.1 Å². The highest BCUT2D eigenvalue weighted by molar-refractivity contribution is 7.18. The first kappa shape index (κ1) is 12.7. The van der Waals surface area contributed by atoms with Crippen molar-refractivity contribution in [2.24, 2.45) is 5.92 Å². The SMILES string of the molecule is CNc1nc(NC(C)C2CCC2)c2cc(C)sc2n1. The van der Waals surface area contributed by atoms with Gasteiger partial charge < -0.3 is 10.6 Å². The van der Waals surface area contributed by atoms with E-state index in [4.69, 9.17) is 0 Å². The molecule has 0 spiro atoms. The summed E-state index contributed by atoms with van der Waals surface area (Å²) in [5.41, 5.74) is 0. The summed E-state index contributed by atoms with van der Waals surface area (Å²) in [6, 6.07) is 2.66. The van der Waals surface area contributed by atoms with E-state index < -0.39 is 0 Å². The lowest BCUT2D eigenvalue weighted by molar-refractivity contribution is 0.285. The molecule has 2 heterocycles. The van der Waals surface area contributed by atoms with Crippen LogP contribution in [0.2, 0.25) is 0 Å². The predicted molar refractivity (Wildman–Crippen MR) is 82.1 cm³/mol. The van der Waals surface area contributed by atoms with Gasteiger partial charge in [-0.25, -0.2) is 4.98 Å². The summed E-state index contributed by atoms with van der Waals surface area (Å²) in [4.78, 5) is 11.4. The van der Waals surface area contributed by atoms with Crippen LogP contribution in [0, 0.1) is 12.8 Å². The van der Waals surface area contributed by atoms with Crippen LogP contribution in [0.4, 0.5) is 11.8 Å². The summed E-state index contributed by atoms with van der Waals surface area (Å²) in [7, 11) is 1.86. The molecule has 5 heteroatoms. The van der Waals surface area contributed by atoms with E-state index >= 15 is 0 Å². The molecule has 4 nitrogen and oxygen atoms in total. The Hall–Kier alpha value is -1.36. The second-order valence-electron chi connectivity index (χ2n) is 5.35. The average Bonchev–Trinajstić information content (AvgIpc) is 2.67. The third-order valence-corrected chi connectivity index (χ3v) is 4.91. The minimum Gasteiger partial charge on any atom is -0.367 e. The van der Waals surface area contributed by atoms with E-state index in [1.54, 1.807) is 11.3 Å². The third-order valence-electron chi connectivity index (χ3n) is 3.96. The fourth-order valence-electron chi connectivity index (χ4n) is 2.54. The zero-order valence-electron chi connectivity index (χ0n) is 11.7. The topological polar surface area (TPSA) is 49.8 Å². The van der Waals surface area contributed by atoms with Gasteiger partial charge in [0, 0.05) is 18.0 Å². The molecule has 0 radical (unpaired) electrons. The largest absolute Gasteiger partial charge is 0.367 e. The molecule has 102 valence electrons. The third kappa shape index (κ3) is 2.39. The maximum atomic E-state index is 4.59. The number of hydrogen-bond acceptors (Lipinski definition) is 5. The van der Waals surface area contributed by atoms with Crippen LogP contribution in [-0.2, 0) is 0 Å². The molecule has 1 atom stereocenters. The molecular weight excluding hydrogens is 256 g/mol. The van der Waals surface area contributed by atoms with Crippen molar-refractivity contribution in [2.75, 3.05) is 17.7 Å². The summed E-state index contributed by atoms with van der Waals surface area (Å²) in [5.74, 6) is 2.46. The number of rotatable bonds is 4. The Kier molecular flexibility index (Phi) is 3.31. The number of aryl methyl sites for hydroxylation is 1. The Labute approximate surface area is 117 Å². The normalized spacial score (nSPS) is 17.2. The molecule has 0 aromatic carbocycles. The highest BCUT2D eigenvalue weighted by Crippen LogP contribution is 2.34. The Balaban J connectivity index is 1.95. The van der Waals surface area contributed by atoms with Crippen molar-refractivity contribution >= 4 is 33.3 Å². The maximum absolute atomic E-state index is 4.59. The lowest BCUT2D eigenvalue weighted by Gasteiger charge is -2.32. The Morgan fingerprint density at radius 3 is 2.79 bits per heavy atom. The van der Waals surface area contributed by atoms with E-state index in [-0.39, 0.29) is 0 Å². The van der Waals surface area contributed by atoms with Gasteiger partial charge in [0.25, 0.3) is 0 Å².